The average molecular weight is 401 g/mol. The maximum Gasteiger partial charge on any atom is 0.251 e. The van der Waals surface area contributed by atoms with Gasteiger partial charge >= 0.3 is 0 Å². The van der Waals surface area contributed by atoms with Crippen molar-refractivity contribution in [3.8, 4) is 0 Å². The van der Waals surface area contributed by atoms with Crippen LogP contribution in [-0.2, 0) is 10.2 Å². The minimum absolute atomic E-state index is 0.0168. The summed E-state index contributed by atoms with van der Waals surface area (Å²) in [4.78, 5) is 25.6. The summed E-state index contributed by atoms with van der Waals surface area (Å²) in [6.45, 7) is 6.22. The van der Waals surface area contributed by atoms with E-state index in [9.17, 15) is 14.0 Å². The van der Waals surface area contributed by atoms with Gasteiger partial charge in [0.15, 0.2) is 0 Å². The molecule has 1 unspecified atom stereocenters. The van der Waals surface area contributed by atoms with Gasteiger partial charge in [-0.25, -0.2) is 4.39 Å². The Kier molecular flexibility index (Phi) is 6.08. The quantitative estimate of drug-likeness (QED) is 0.808. The Labute approximate surface area is 169 Å². The molecular weight excluding hydrogens is 375 g/mol. The third-order valence-electron chi connectivity index (χ3n) is 4.77. The second kappa shape index (κ2) is 8.35. The summed E-state index contributed by atoms with van der Waals surface area (Å²) in [7, 11) is 0. The fraction of sp³-hybridized carbons (Fsp3) is 0.364. The predicted octanol–water partition coefficient (Wildman–Crippen LogP) is 4.21. The summed E-state index contributed by atoms with van der Waals surface area (Å²) < 4.78 is 13.6. The van der Waals surface area contributed by atoms with Gasteiger partial charge < -0.3 is 10.6 Å². The smallest absolute Gasteiger partial charge is 0.251 e. The first-order chi connectivity index (χ1) is 13.2. The van der Waals surface area contributed by atoms with Gasteiger partial charge in [0.05, 0.1) is 12.6 Å². The van der Waals surface area contributed by atoms with Crippen LogP contribution in [0.15, 0.2) is 47.4 Å². The van der Waals surface area contributed by atoms with Crippen molar-refractivity contribution in [1.82, 2.24) is 10.6 Å². The molecule has 2 aromatic carbocycles. The first kappa shape index (κ1) is 20.4. The first-order valence-electron chi connectivity index (χ1n) is 9.34. The number of thioether (sulfide) groups is 1. The Hall–Kier alpha value is -2.34. The number of benzene rings is 2. The second-order valence-corrected chi connectivity index (χ2v) is 9.09. The number of hydrogen-bond donors (Lipinski definition) is 2. The van der Waals surface area contributed by atoms with Gasteiger partial charge in [-0.05, 0) is 53.3 Å². The number of carbonyl (C=O) groups is 2. The van der Waals surface area contributed by atoms with E-state index in [4.69, 9.17) is 0 Å². The molecule has 0 bridgehead atoms. The van der Waals surface area contributed by atoms with Crippen LogP contribution in [0.2, 0.25) is 0 Å². The molecule has 0 aliphatic carbocycles. The van der Waals surface area contributed by atoms with Gasteiger partial charge in [-0.2, -0.15) is 0 Å². The van der Waals surface area contributed by atoms with Crippen molar-refractivity contribution in [3.63, 3.8) is 0 Å². The molecule has 1 atom stereocenters. The molecule has 2 amide bonds. The number of hydrogen-bond acceptors (Lipinski definition) is 3. The highest BCUT2D eigenvalue weighted by Gasteiger charge is 2.23. The average Bonchev–Trinajstić information content (AvgIpc) is 2.66. The van der Waals surface area contributed by atoms with Crippen molar-refractivity contribution in [2.24, 2.45) is 0 Å². The summed E-state index contributed by atoms with van der Waals surface area (Å²) in [6.07, 6.45) is 0.731. The number of nitrogens with one attached hydrogen (secondary N) is 2. The van der Waals surface area contributed by atoms with Crippen molar-refractivity contribution in [2.45, 2.75) is 43.5 Å². The fourth-order valence-corrected chi connectivity index (χ4v) is 4.25. The number of fused-ring (bicyclic) bond motifs is 1. The number of halogens is 1. The van der Waals surface area contributed by atoms with Gasteiger partial charge in [0, 0.05) is 16.2 Å². The lowest BCUT2D eigenvalue weighted by atomic mass is 9.87. The topological polar surface area (TPSA) is 58.2 Å². The van der Waals surface area contributed by atoms with Gasteiger partial charge in [0.25, 0.3) is 5.91 Å². The Balaban J connectivity index is 1.56. The third-order valence-corrected chi connectivity index (χ3v) is 5.89. The Bertz CT molecular complexity index is 875. The summed E-state index contributed by atoms with van der Waals surface area (Å²) in [6, 6.07) is 11.8. The zero-order chi connectivity index (χ0) is 20.3. The molecule has 1 heterocycles. The zero-order valence-corrected chi connectivity index (χ0v) is 17.2. The lowest BCUT2D eigenvalue weighted by Gasteiger charge is -2.26. The van der Waals surface area contributed by atoms with Crippen LogP contribution in [0.1, 0.15) is 54.7 Å². The maximum atomic E-state index is 13.6. The van der Waals surface area contributed by atoms with Crippen molar-refractivity contribution in [3.05, 3.63) is 65.0 Å². The molecule has 2 aromatic rings. The van der Waals surface area contributed by atoms with Crippen LogP contribution < -0.4 is 10.6 Å². The van der Waals surface area contributed by atoms with Gasteiger partial charge in [0.2, 0.25) is 5.91 Å². The van der Waals surface area contributed by atoms with Crippen LogP contribution in [-0.4, -0.2) is 24.1 Å². The zero-order valence-electron chi connectivity index (χ0n) is 16.3. The normalized spacial score (nSPS) is 16.2. The molecule has 0 spiro atoms. The van der Waals surface area contributed by atoms with E-state index < -0.39 is 0 Å². The van der Waals surface area contributed by atoms with E-state index >= 15 is 0 Å². The highest BCUT2D eigenvalue weighted by Crippen LogP contribution is 2.36. The SMILES string of the molecule is CC(C)(C)c1ccc(C(=O)NCC(=O)NC2CCSc3ccc(F)cc32)cc1. The molecule has 1 aliphatic heterocycles. The largest absolute Gasteiger partial charge is 0.348 e. The van der Waals surface area contributed by atoms with Crippen molar-refractivity contribution in [2.75, 3.05) is 12.3 Å². The van der Waals surface area contributed by atoms with E-state index in [0.29, 0.717) is 5.56 Å². The van der Waals surface area contributed by atoms with E-state index in [-0.39, 0.29) is 35.6 Å². The van der Waals surface area contributed by atoms with Crippen molar-refractivity contribution >= 4 is 23.6 Å². The summed E-state index contributed by atoms with van der Waals surface area (Å²) >= 11 is 1.66. The van der Waals surface area contributed by atoms with Crippen molar-refractivity contribution in [1.29, 1.82) is 0 Å². The highest BCUT2D eigenvalue weighted by atomic mass is 32.2. The number of carbonyl (C=O) groups excluding carboxylic acids is 2. The van der Waals surface area contributed by atoms with Crippen molar-refractivity contribution < 1.29 is 14.0 Å². The molecule has 4 nitrogen and oxygen atoms in total. The van der Waals surface area contributed by atoms with Crippen LogP contribution in [0.3, 0.4) is 0 Å². The minimum atomic E-state index is -0.312. The lowest BCUT2D eigenvalue weighted by molar-refractivity contribution is -0.120. The van der Waals surface area contributed by atoms with Crippen LogP contribution in [0.25, 0.3) is 0 Å². The molecule has 148 valence electrons. The summed E-state index contributed by atoms with van der Waals surface area (Å²) in [5.74, 6) is -0.0312. The fourth-order valence-electron chi connectivity index (χ4n) is 3.14. The number of amides is 2. The molecule has 28 heavy (non-hydrogen) atoms. The van der Waals surface area contributed by atoms with Crippen LogP contribution in [0, 0.1) is 5.82 Å². The molecule has 0 aromatic heterocycles. The third kappa shape index (κ3) is 4.93. The van der Waals surface area contributed by atoms with E-state index in [1.54, 1.807) is 30.0 Å². The molecule has 0 radical (unpaired) electrons. The van der Waals surface area contributed by atoms with Gasteiger partial charge in [-0.3, -0.25) is 9.59 Å². The molecule has 0 saturated heterocycles. The van der Waals surface area contributed by atoms with Gasteiger partial charge in [-0.15, -0.1) is 11.8 Å². The summed E-state index contributed by atoms with van der Waals surface area (Å²) in [5, 5.41) is 5.56. The Morgan fingerprint density at radius 1 is 1.14 bits per heavy atom. The first-order valence-corrected chi connectivity index (χ1v) is 10.3. The van der Waals surface area contributed by atoms with Crippen LogP contribution in [0.5, 0.6) is 0 Å². The van der Waals surface area contributed by atoms with E-state index in [0.717, 1.165) is 28.2 Å². The number of rotatable bonds is 4. The monoisotopic (exact) mass is 400 g/mol. The molecular formula is C22H25FN2O2S. The van der Waals surface area contributed by atoms with Gasteiger partial charge in [0.1, 0.15) is 5.82 Å². The van der Waals surface area contributed by atoms with E-state index in [2.05, 4.69) is 31.4 Å². The van der Waals surface area contributed by atoms with E-state index in [1.165, 1.54) is 12.1 Å². The minimum Gasteiger partial charge on any atom is -0.348 e. The van der Waals surface area contributed by atoms with Crippen LogP contribution in [0.4, 0.5) is 4.39 Å². The summed E-state index contributed by atoms with van der Waals surface area (Å²) in [5.41, 5.74) is 2.47. The van der Waals surface area contributed by atoms with E-state index in [1.807, 2.05) is 12.1 Å². The van der Waals surface area contributed by atoms with Gasteiger partial charge in [-0.1, -0.05) is 32.9 Å². The molecule has 0 saturated carbocycles. The maximum absolute atomic E-state index is 13.6. The molecule has 2 N–H and O–H groups in total. The molecule has 3 rings (SSSR count). The Morgan fingerprint density at radius 3 is 2.54 bits per heavy atom. The lowest BCUT2D eigenvalue weighted by Crippen LogP contribution is -2.39. The highest BCUT2D eigenvalue weighted by molar-refractivity contribution is 7.99. The van der Waals surface area contributed by atoms with Crippen LogP contribution >= 0.6 is 11.8 Å². The molecule has 6 heteroatoms. The standard InChI is InChI=1S/C22H25FN2O2S/c1-22(2,3)15-6-4-14(5-7-15)21(27)24-13-20(26)25-18-10-11-28-19-9-8-16(23)12-17(18)19/h4-9,12,18H,10-11,13H2,1-3H3,(H,24,27)(H,25,26). The second-order valence-electron chi connectivity index (χ2n) is 7.95. The predicted molar refractivity (Wildman–Crippen MR) is 110 cm³/mol. The molecule has 1 aliphatic rings. The Morgan fingerprint density at radius 2 is 1.86 bits per heavy atom. The molecule has 0 fully saturated rings.